The van der Waals surface area contributed by atoms with Gasteiger partial charge in [-0.3, -0.25) is 4.79 Å². The van der Waals surface area contributed by atoms with Gasteiger partial charge in [-0.25, -0.2) is 0 Å². The van der Waals surface area contributed by atoms with Crippen LogP contribution in [-0.4, -0.2) is 25.8 Å². The Morgan fingerprint density at radius 1 is 1.33 bits per heavy atom. The molecular formula is C15H16ClN3OS. The zero-order valence-electron chi connectivity index (χ0n) is 11.9. The lowest BCUT2D eigenvalue weighted by Gasteiger charge is -2.10. The molecular weight excluding hydrogens is 306 g/mol. The van der Waals surface area contributed by atoms with E-state index in [2.05, 4.69) is 10.2 Å². The van der Waals surface area contributed by atoms with Crippen LogP contribution >= 0.6 is 23.4 Å². The van der Waals surface area contributed by atoms with Crippen molar-refractivity contribution in [3.05, 3.63) is 40.7 Å². The lowest BCUT2D eigenvalue weighted by molar-refractivity contribution is 0.0994. The molecule has 1 saturated carbocycles. The first-order valence-electron chi connectivity index (χ1n) is 6.92. The first-order valence-corrected chi connectivity index (χ1v) is 8.17. The number of rotatable bonds is 5. The molecule has 6 heteroatoms. The average Bonchev–Trinajstić information content (AvgIpc) is 3.25. The molecule has 3 rings (SSSR count). The van der Waals surface area contributed by atoms with E-state index >= 15 is 0 Å². The zero-order chi connectivity index (χ0) is 15.0. The molecule has 0 bridgehead atoms. The maximum Gasteiger partial charge on any atom is 0.191 e. The summed E-state index contributed by atoms with van der Waals surface area (Å²) in [5.41, 5.74) is 0.670. The number of ketones is 1. The molecule has 0 amide bonds. The van der Waals surface area contributed by atoms with Crippen LogP contribution in [0.3, 0.4) is 0 Å². The quantitative estimate of drug-likeness (QED) is 0.622. The molecule has 0 N–H and O–H groups in total. The largest absolute Gasteiger partial charge is 0.309 e. The number of carbonyl (C=O) groups excluding carboxylic acids is 1. The summed E-state index contributed by atoms with van der Waals surface area (Å²) in [4.78, 5) is 12.4. The highest BCUT2D eigenvalue weighted by Crippen LogP contribution is 2.39. The van der Waals surface area contributed by atoms with E-state index in [-0.39, 0.29) is 11.0 Å². The number of nitrogens with zero attached hydrogens (tertiary/aromatic N) is 3. The summed E-state index contributed by atoms with van der Waals surface area (Å²) in [5, 5.41) is 9.67. The highest BCUT2D eigenvalue weighted by molar-refractivity contribution is 8.00. The number of Topliss-reactive ketones (excluding diaryl/α,β-unsaturated/α-hetero) is 1. The smallest absolute Gasteiger partial charge is 0.191 e. The van der Waals surface area contributed by atoms with Gasteiger partial charge in [0.05, 0.1) is 5.25 Å². The highest BCUT2D eigenvalue weighted by Gasteiger charge is 2.30. The molecule has 110 valence electrons. The molecule has 4 nitrogen and oxygen atoms in total. The van der Waals surface area contributed by atoms with E-state index in [0.717, 1.165) is 11.0 Å². The zero-order valence-corrected chi connectivity index (χ0v) is 13.5. The summed E-state index contributed by atoms with van der Waals surface area (Å²) in [6.45, 7) is 1.90. The van der Waals surface area contributed by atoms with E-state index in [1.54, 1.807) is 24.3 Å². The minimum atomic E-state index is -0.207. The Hall–Kier alpha value is -1.33. The number of aromatic nitrogens is 3. The predicted molar refractivity (Wildman–Crippen MR) is 84.1 cm³/mol. The fraction of sp³-hybridized carbons (Fsp3) is 0.400. The van der Waals surface area contributed by atoms with Gasteiger partial charge in [0.15, 0.2) is 10.9 Å². The summed E-state index contributed by atoms with van der Waals surface area (Å²) in [7, 11) is 1.97. The van der Waals surface area contributed by atoms with Crippen molar-refractivity contribution < 1.29 is 4.79 Å². The van der Waals surface area contributed by atoms with Crippen LogP contribution in [0.4, 0.5) is 0 Å². The normalized spacial score (nSPS) is 16.0. The summed E-state index contributed by atoms with van der Waals surface area (Å²) in [5.74, 6) is 1.66. The number of hydrogen-bond acceptors (Lipinski definition) is 4. The second-order valence-electron chi connectivity index (χ2n) is 5.31. The van der Waals surface area contributed by atoms with E-state index in [1.165, 1.54) is 24.6 Å². The van der Waals surface area contributed by atoms with Crippen LogP contribution in [0.25, 0.3) is 0 Å². The van der Waals surface area contributed by atoms with Gasteiger partial charge in [0.1, 0.15) is 5.82 Å². The number of halogens is 1. The molecule has 21 heavy (non-hydrogen) atoms. The molecule has 0 saturated heterocycles. The molecule has 1 fully saturated rings. The molecule has 0 radical (unpaired) electrons. The maximum atomic E-state index is 12.4. The van der Waals surface area contributed by atoms with E-state index in [1.807, 2.05) is 18.5 Å². The van der Waals surface area contributed by atoms with Gasteiger partial charge in [0.2, 0.25) is 0 Å². The van der Waals surface area contributed by atoms with Crippen molar-refractivity contribution in [3.8, 4) is 0 Å². The number of carbonyl (C=O) groups is 1. The third-order valence-corrected chi connectivity index (χ3v) is 4.98. The van der Waals surface area contributed by atoms with Crippen LogP contribution in [0, 0.1) is 0 Å². The average molecular weight is 322 g/mol. The van der Waals surface area contributed by atoms with Crippen LogP contribution in [0.2, 0.25) is 5.02 Å². The molecule has 1 aliphatic carbocycles. The Morgan fingerprint density at radius 3 is 2.62 bits per heavy atom. The Bertz CT molecular complexity index is 664. The Morgan fingerprint density at radius 2 is 2.00 bits per heavy atom. The van der Waals surface area contributed by atoms with Crippen molar-refractivity contribution >= 4 is 29.1 Å². The number of benzene rings is 1. The van der Waals surface area contributed by atoms with Gasteiger partial charge in [0.25, 0.3) is 0 Å². The first kappa shape index (κ1) is 14.6. The minimum Gasteiger partial charge on any atom is -0.309 e. The summed E-state index contributed by atoms with van der Waals surface area (Å²) >= 11 is 7.30. The van der Waals surface area contributed by atoms with E-state index in [4.69, 9.17) is 11.6 Å². The lowest BCUT2D eigenvalue weighted by Crippen LogP contribution is -2.14. The van der Waals surface area contributed by atoms with Crippen LogP contribution in [0.15, 0.2) is 29.4 Å². The van der Waals surface area contributed by atoms with Crippen LogP contribution in [-0.2, 0) is 7.05 Å². The van der Waals surface area contributed by atoms with Gasteiger partial charge < -0.3 is 4.57 Å². The Kier molecular flexibility index (Phi) is 4.04. The van der Waals surface area contributed by atoms with Gasteiger partial charge >= 0.3 is 0 Å². The fourth-order valence-electron chi connectivity index (χ4n) is 2.19. The third kappa shape index (κ3) is 3.14. The van der Waals surface area contributed by atoms with Crippen LogP contribution in [0.5, 0.6) is 0 Å². The van der Waals surface area contributed by atoms with Crippen molar-refractivity contribution in [1.82, 2.24) is 14.8 Å². The summed E-state index contributed by atoms with van der Waals surface area (Å²) in [6, 6.07) is 6.99. The Labute approximate surface area is 132 Å². The molecule has 2 aromatic rings. The summed E-state index contributed by atoms with van der Waals surface area (Å²) in [6.07, 6.45) is 2.38. The standard InChI is InChI=1S/C15H16ClN3OS/c1-9(13(20)10-5-7-12(16)8-6-10)21-15-18-17-14(19(15)2)11-3-4-11/h5-9,11H,3-4H2,1-2H3/t9-/m0/s1. The van der Waals surface area contributed by atoms with Crippen molar-refractivity contribution in [1.29, 1.82) is 0 Å². The second kappa shape index (κ2) is 5.81. The van der Waals surface area contributed by atoms with Gasteiger partial charge in [-0.1, -0.05) is 23.4 Å². The van der Waals surface area contributed by atoms with Crippen LogP contribution < -0.4 is 0 Å². The second-order valence-corrected chi connectivity index (χ2v) is 7.05. The predicted octanol–water partition coefficient (Wildman–Crippen LogP) is 3.71. The minimum absolute atomic E-state index is 0.0765. The van der Waals surface area contributed by atoms with E-state index in [0.29, 0.717) is 16.5 Å². The fourth-order valence-corrected chi connectivity index (χ4v) is 3.21. The SMILES string of the molecule is C[C@H](Sc1nnc(C2CC2)n1C)C(=O)c1ccc(Cl)cc1. The molecule has 1 heterocycles. The number of hydrogen-bond donors (Lipinski definition) is 0. The van der Waals surface area contributed by atoms with Crippen molar-refractivity contribution in [3.63, 3.8) is 0 Å². The van der Waals surface area contributed by atoms with E-state index < -0.39 is 0 Å². The maximum absolute atomic E-state index is 12.4. The van der Waals surface area contributed by atoms with Gasteiger partial charge in [-0.15, -0.1) is 10.2 Å². The molecule has 0 aliphatic heterocycles. The molecule has 1 aliphatic rings. The van der Waals surface area contributed by atoms with Gasteiger partial charge in [-0.2, -0.15) is 0 Å². The van der Waals surface area contributed by atoms with Gasteiger partial charge in [0, 0.05) is 23.6 Å². The molecule has 0 spiro atoms. The van der Waals surface area contributed by atoms with Crippen molar-refractivity contribution in [2.45, 2.75) is 36.1 Å². The molecule has 1 aromatic heterocycles. The van der Waals surface area contributed by atoms with Gasteiger partial charge in [-0.05, 0) is 44.0 Å². The lowest BCUT2D eigenvalue weighted by atomic mass is 10.1. The highest BCUT2D eigenvalue weighted by atomic mass is 35.5. The van der Waals surface area contributed by atoms with Crippen molar-refractivity contribution in [2.24, 2.45) is 7.05 Å². The number of thioether (sulfide) groups is 1. The Balaban J connectivity index is 1.72. The topological polar surface area (TPSA) is 47.8 Å². The molecule has 1 atom stereocenters. The third-order valence-electron chi connectivity index (χ3n) is 3.59. The monoisotopic (exact) mass is 321 g/mol. The van der Waals surface area contributed by atoms with Crippen molar-refractivity contribution in [2.75, 3.05) is 0 Å². The molecule has 1 aromatic carbocycles. The van der Waals surface area contributed by atoms with E-state index in [9.17, 15) is 4.79 Å². The van der Waals surface area contributed by atoms with Crippen LogP contribution in [0.1, 0.15) is 41.9 Å². The summed E-state index contributed by atoms with van der Waals surface area (Å²) < 4.78 is 2.01. The first-order chi connectivity index (χ1) is 10.1. The molecule has 0 unspecified atom stereocenters.